The Bertz CT molecular complexity index is 1110. The molecule has 0 spiro atoms. The van der Waals surface area contributed by atoms with Crippen molar-refractivity contribution in [1.29, 1.82) is 0 Å². The lowest BCUT2D eigenvalue weighted by molar-refractivity contribution is 1.47. The standard InChI is InChI=1S/C18H12ClNOS2/c1-9-2-4-10(5-3-9)14-15-16(21)12-8-11(19)6-7-13(12)22-18(15)23-17(14)20/h2-8H,20H2,1H3. The summed E-state index contributed by atoms with van der Waals surface area (Å²) in [5.41, 5.74) is 9.24. The number of anilines is 1. The Labute approximate surface area is 145 Å². The summed E-state index contributed by atoms with van der Waals surface area (Å²) in [4.78, 5) is 13.0. The molecule has 2 aromatic heterocycles. The molecule has 0 atom stereocenters. The molecule has 2 aromatic carbocycles. The maximum Gasteiger partial charge on any atom is 0.197 e. The maximum absolute atomic E-state index is 13.0. The molecule has 0 fully saturated rings. The number of halogens is 1. The van der Waals surface area contributed by atoms with Gasteiger partial charge in [-0.1, -0.05) is 41.4 Å². The molecule has 2 heterocycles. The fourth-order valence-corrected chi connectivity index (χ4v) is 5.31. The van der Waals surface area contributed by atoms with Crippen molar-refractivity contribution >= 4 is 58.8 Å². The van der Waals surface area contributed by atoms with Gasteiger partial charge in [-0.3, -0.25) is 4.79 Å². The molecule has 5 heteroatoms. The summed E-state index contributed by atoms with van der Waals surface area (Å²) in [6.07, 6.45) is 0. The zero-order chi connectivity index (χ0) is 16.1. The zero-order valence-electron chi connectivity index (χ0n) is 12.2. The minimum absolute atomic E-state index is 0.000208. The Morgan fingerprint density at radius 2 is 1.78 bits per heavy atom. The third-order valence-corrected chi connectivity index (χ3v) is 6.37. The molecule has 0 saturated heterocycles. The van der Waals surface area contributed by atoms with Gasteiger partial charge in [0.25, 0.3) is 0 Å². The van der Waals surface area contributed by atoms with Gasteiger partial charge in [0.1, 0.15) is 0 Å². The van der Waals surface area contributed by atoms with Gasteiger partial charge in [-0.05, 0) is 30.7 Å². The van der Waals surface area contributed by atoms with E-state index in [0.29, 0.717) is 20.8 Å². The molecule has 0 radical (unpaired) electrons. The second-order valence-corrected chi connectivity index (χ2v) is 8.24. The van der Waals surface area contributed by atoms with Crippen LogP contribution < -0.4 is 11.2 Å². The van der Waals surface area contributed by atoms with Gasteiger partial charge in [-0.25, -0.2) is 0 Å². The van der Waals surface area contributed by atoms with E-state index in [0.717, 1.165) is 19.8 Å². The Balaban J connectivity index is 2.14. The monoisotopic (exact) mass is 357 g/mol. The Kier molecular flexibility index (Phi) is 3.41. The van der Waals surface area contributed by atoms with Crippen molar-refractivity contribution < 1.29 is 0 Å². The van der Waals surface area contributed by atoms with E-state index < -0.39 is 0 Å². The van der Waals surface area contributed by atoms with Crippen LogP contribution in [0.2, 0.25) is 5.02 Å². The fraction of sp³-hybridized carbons (Fsp3) is 0.0556. The van der Waals surface area contributed by atoms with Crippen molar-refractivity contribution in [2.45, 2.75) is 6.92 Å². The number of fused-ring (bicyclic) bond motifs is 2. The van der Waals surface area contributed by atoms with E-state index in [4.69, 9.17) is 17.3 Å². The molecule has 4 aromatic rings. The highest BCUT2D eigenvalue weighted by Crippen LogP contribution is 2.42. The Morgan fingerprint density at radius 1 is 1.04 bits per heavy atom. The molecule has 0 bridgehead atoms. The Morgan fingerprint density at radius 3 is 2.52 bits per heavy atom. The highest BCUT2D eigenvalue weighted by Gasteiger charge is 2.17. The van der Waals surface area contributed by atoms with Crippen molar-refractivity contribution in [3.05, 3.63) is 63.3 Å². The molecule has 2 nitrogen and oxygen atoms in total. The molecule has 23 heavy (non-hydrogen) atoms. The molecule has 0 saturated carbocycles. The summed E-state index contributed by atoms with van der Waals surface area (Å²) >= 11 is 9.13. The number of hydrogen-bond acceptors (Lipinski definition) is 4. The fourth-order valence-electron chi connectivity index (χ4n) is 2.72. The van der Waals surface area contributed by atoms with E-state index in [1.165, 1.54) is 16.9 Å². The predicted molar refractivity (Wildman–Crippen MR) is 103 cm³/mol. The summed E-state index contributed by atoms with van der Waals surface area (Å²) in [5, 5.41) is 2.61. The van der Waals surface area contributed by atoms with Gasteiger partial charge in [-0.2, -0.15) is 0 Å². The van der Waals surface area contributed by atoms with Crippen LogP contribution in [0, 0.1) is 6.92 Å². The van der Waals surface area contributed by atoms with Gasteiger partial charge in [0.05, 0.1) is 14.4 Å². The van der Waals surface area contributed by atoms with Crippen LogP contribution in [-0.2, 0) is 0 Å². The first-order valence-electron chi connectivity index (χ1n) is 7.06. The third-order valence-electron chi connectivity index (χ3n) is 3.86. The van der Waals surface area contributed by atoms with E-state index in [1.807, 2.05) is 43.3 Å². The predicted octanol–water partition coefficient (Wildman–Crippen LogP) is 5.69. The molecule has 2 N–H and O–H groups in total. The van der Waals surface area contributed by atoms with Gasteiger partial charge in [0.15, 0.2) is 5.43 Å². The van der Waals surface area contributed by atoms with Crippen LogP contribution in [0.3, 0.4) is 0 Å². The summed E-state index contributed by atoms with van der Waals surface area (Å²) < 4.78 is 1.89. The lowest BCUT2D eigenvalue weighted by Crippen LogP contribution is -2.01. The second-order valence-electron chi connectivity index (χ2n) is 5.44. The maximum atomic E-state index is 13.0. The van der Waals surface area contributed by atoms with E-state index in [9.17, 15) is 4.79 Å². The molecule has 0 aliphatic carbocycles. The average Bonchev–Trinajstić information content (AvgIpc) is 2.85. The molecular weight excluding hydrogens is 346 g/mol. The molecule has 0 unspecified atom stereocenters. The SMILES string of the molecule is Cc1ccc(-c2c(N)sc3sc4ccc(Cl)cc4c(=O)c23)cc1. The van der Waals surface area contributed by atoms with E-state index in [2.05, 4.69) is 0 Å². The van der Waals surface area contributed by atoms with Gasteiger partial charge in [0.2, 0.25) is 0 Å². The van der Waals surface area contributed by atoms with Gasteiger partial charge < -0.3 is 5.73 Å². The van der Waals surface area contributed by atoms with Gasteiger partial charge in [0, 0.05) is 20.7 Å². The third kappa shape index (κ3) is 2.34. The van der Waals surface area contributed by atoms with Crippen LogP contribution in [0.4, 0.5) is 5.00 Å². The summed E-state index contributed by atoms with van der Waals surface area (Å²) in [7, 11) is 0. The van der Waals surface area contributed by atoms with Crippen molar-refractivity contribution in [3.8, 4) is 11.1 Å². The van der Waals surface area contributed by atoms with Gasteiger partial charge in [-0.15, -0.1) is 22.7 Å². The number of rotatable bonds is 1. The highest BCUT2D eigenvalue weighted by atomic mass is 35.5. The minimum atomic E-state index is -0.000208. The first kappa shape index (κ1) is 14.7. The van der Waals surface area contributed by atoms with Crippen LogP contribution >= 0.6 is 34.3 Å². The van der Waals surface area contributed by atoms with Crippen molar-refractivity contribution in [1.82, 2.24) is 0 Å². The van der Waals surface area contributed by atoms with Gasteiger partial charge >= 0.3 is 0 Å². The van der Waals surface area contributed by atoms with E-state index in [-0.39, 0.29) is 5.43 Å². The molecule has 4 rings (SSSR count). The number of benzene rings is 2. The topological polar surface area (TPSA) is 43.1 Å². The first-order valence-corrected chi connectivity index (χ1v) is 9.07. The molecule has 114 valence electrons. The average molecular weight is 358 g/mol. The smallest absolute Gasteiger partial charge is 0.197 e. The van der Waals surface area contributed by atoms with Crippen LogP contribution in [0.1, 0.15) is 5.56 Å². The van der Waals surface area contributed by atoms with Crippen LogP contribution in [0.5, 0.6) is 0 Å². The lowest BCUT2D eigenvalue weighted by Gasteiger charge is -2.03. The minimum Gasteiger partial charge on any atom is -0.390 e. The second kappa shape index (κ2) is 5.34. The lowest BCUT2D eigenvalue weighted by atomic mass is 10.0. The number of aryl methyl sites for hydroxylation is 1. The van der Waals surface area contributed by atoms with Crippen molar-refractivity contribution in [2.24, 2.45) is 0 Å². The van der Waals surface area contributed by atoms with Crippen LogP contribution in [0.25, 0.3) is 30.6 Å². The summed E-state index contributed by atoms with van der Waals surface area (Å²) in [5.74, 6) is 0. The number of hydrogen-bond donors (Lipinski definition) is 1. The van der Waals surface area contributed by atoms with Crippen LogP contribution in [-0.4, -0.2) is 0 Å². The summed E-state index contributed by atoms with van der Waals surface area (Å²) in [6, 6.07) is 13.5. The van der Waals surface area contributed by atoms with E-state index >= 15 is 0 Å². The van der Waals surface area contributed by atoms with Crippen molar-refractivity contribution in [2.75, 3.05) is 5.73 Å². The molecule has 0 aliphatic heterocycles. The molecule has 0 aliphatic rings. The number of nitrogens with two attached hydrogens (primary N) is 1. The first-order chi connectivity index (χ1) is 11.0. The largest absolute Gasteiger partial charge is 0.390 e. The van der Waals surface area contributed by atoms with Crippen LogP contribution in [0.15, 0.2) is 47.3 Å². The van der Waals surface area contributed by atoms with E-state index in [1.54, 1.807) is 17.4 Å². The number of nitrogen functional groups attached to an aromatic ring is 1. The Hall–Kier alpha value is -1.88. The molecule has 0 amide bonds. The quantitative estimate of drug-likeness (QED) is 0.475. The molecular formula is C18H12ClNOS2. The number of thiophene rings is 1. The summed E-state index contributed by atoms with van der Waals surface area (Å²) in [6.45, 7) is 2.04. The zero-order valence-corrected chi connectivity index (χ0v) is 14.6. The van der Waals surface area contributed by atoms with Crippen molar-refractivity contribution in [3.63, 3.8) is 0 Å². The highest BCUT2D eigenvalue weighted by molar-refractivity contribution is 7.42. The normalized spacial score (nSPS) is 11.4.